The van der Waals surface area contributed by atoms with Crippen LogP contribution in [0.2, 0.25) is 0 Å². The minimum Gasteiger partial charge on any atom is -0.370 e. The summed E-state index contributed by atoms with van der Waals surface area (Å²) >= 11 is 0. The molecular formula is C14H27N3O2S. The number of piperidine rings is 1. The first-order valence-electron chi connectivity index (χ1n) is 7.52. The average Bonchev–Trinajstić information content (AvgIpc) is 2.30. The van der Waals surface area contributed by atoms with Gasteiger partial charge < -0.3 is 10.6 Å². The number of nitrogens with zero attached hydrogens (tertiary/aromatic N) is 2. The van der Waals surface area contributed by atoms with Gasteiger partial charge in [-0.05, 0) is 31.6 Å². The molecule has 6 heteroatoms. The Labute approximate surface area is 122 Å². The quantitative estimate of drug-likeness (QED) is 0.626. The molecule has 2 rings (SSSR count). The lowest BCUT2D eigenvalue weighted by molar-refractivity contribution is 0.176. The average molecular weight is 301 g/mol. The molecule has 2 fully saturated rings. The summed E-state index contributed by atoms with van der Waals surface area (Å²) < 4.78 is 23.1. The summed E-state index contributed by atoms with van der Waals surface area (Å²) in [5.41, 5.74) is 5.93. The highest BCUT2D eigenvalue weighted by atomic mass is 32.2. The van der Waals surface area contributed by atoms with E-state index in [9.17, 15) is 8.42 Å². The number of likely N-dealkylation sites (tertiary alicyclic amines) is 1. The zero-order chi connectivity index (χ0) is 14.8. The van der Waals surface area contributed by atoms with Gasteiger partial charge in [0, 0.05) is 31.3 Å². The van der Waals surface area contributed by atoms with Crippen LogP contribution < -0.4 is 5.73 Å². The molecule has 2 aliphatic rings. The van der Waals surface area contributed by atoms with Crippen molar-refractivity contribution in [3.8, 4) is 0 Å². The Hall–Kier alpha value is -0.780. The van der Waals surface area contributed by atoms with Crippen LogP contribution in [0.25, 0.3) is 0 Å². The van der Waals surface area contributed by atoms with Gasteiger partial charge in [0.05, 0.1) is 5.75 Å². The Bertz CT molecular complexity index is 469. The van der Waals surface area contributed by atoms with Crippen LogP contribution in [0.3, 0.4) is 0 Å². The molecule has 1 aliphatic heterocycles. The maximum absolute atomic E-state index is 11.5. The first-order chi connectivity index (χ1) is 9.30. The Balaban J connectivity index is 1.96. The molecule has 0 aromatic heterocycles. The zero-order valence-corrected chi connectivity index (χ0v) is 13.5. The molecule has 5 nitrogen and oxygen atoms in total. The first kappa shape index (κ1) is 15.6. The third kappa shape index (κ3) is 4.11. The number of hydrogen-bond acceptors (Lipinski definition) is 3. The van der Waals surface area contributed by atoms with Crippen molar-refractivity contribution in [1.29, 1.82) is 0 Å². The van der Waals surface area contributed by atoms with Gasteiger partial charge in [-0.25, -0.2) is 8.42 Å². The van der Waals surface area contributed by atoms with Gasteiger partial charge in [-0.3, -0.25) is 4.99 Å². The Morgan fingerprint density at radius 3 is 2.60 bits per heavy atom. The van der Waals surface area contributed by atoms with Gasteiger partial charge in [0.2, 0.25) is 0 Å². The Morgan fingerprint density at radius 1 is 1.40 bits per heavy atom. The van der Waals surface area contributed by atoms with Crippen molar-refractivity contribution in [3.05, 3.63) is 0 Å². The second kappa shape index (κ2) is 5.92. The molecule has 1 aliphatic carbocycles. The molecule has 1 heterocycles. The van der Waals surface area contributed by atoms with Crippen LogP contribution in [0.15, 0.2) is 4.99 Å². The summed E-state index contributed by atoms with van der Waals surface area (Å²) in [5.74, 6) is 1.50. The topological polar surface area (TPSA) is 75.8 Å². The second-order valence-corrected chi connectivity index (χ2v) is 8.93. The fourth-order valence-corrected chi connectivity index (χ4v) is 4.82. The van der Waals surface area contributed by atoms with E-state index in [0.29, 0.717) is 18.4 Å². The van der Waals surface area contributed by atoms with Gasteiger partial charge in [-0.1, -0.05) is 13.3 Å². The van der Waals surface area contributed by atoms with Crippen molar-refractivity contribution in [3.63, 3.8) is 0 Å². The molecule has 116 valence electrons. The SMILES string of the molecule is CC1CCCN(C(N)=NCC2(CS(C)(=O)=O)CCC2)C1. The largest absolute Gasteiger partial charge is 0.370 e. The summed E-state index contributed by atoms with van der Waals surface area (Å²) in [6.07, 6.45) is 6.73. The Morgan fingerprint density at radius 2 is 2.10 bits per heavy atom. The van der Waals surface area contributed by atoms with Crippen LogP contribution >= 0.6 is 0 Å². The first-order valence-corrected chi connectivity index (χ1v) is 9.58. The van der Waals surface area contributed by atoms with E-state index in [1.807, 2.05) is 0 Å². The van der Waals surface area contributed by atoms with E-state index in [1.54, 1.807) is 0 Å². The molecule has 1 saturated carbocycles. The summed E-state index contributed by atoms with van der Waals surface area (Å²) in [4.78, 5) is 6.66. The van der Waals surface area contributed by atoms with Crippen molar-refractivity contribution in [2.45, 2.75) is 39.0 Å². The molecule has 1 saturated heterocycles. The number of hydrogen-bond donors (Lipinski definition) is 1. The molecule has 1 unspecified atom stereocenters. The molecule has 0 aromatic carbocycles. The van der Waals surface area contributed by atoms with E-state index in [4.69, 9.17) is 5.73 Å². The van der Waals surface area contributed by atoms with Gasteiger partial charge in [0.25, 0.3) is 0 Å². The third-order valence-corrected chi connectivity index (χ3v) is 5.68. The number of guanidine groups is 1. The molecule has 2 N–H and O–H groups in total. The number of nitrogens with two attached hydrogens (primary N) is 1. The summed E-state index contributed by atoms with van der Waals surface area (Å²) in [6, 6.07) is 0. The molecule has 20 heavy (non-hydrogen) atoms. The molecule has 0 radical (unpaired) electrons. The lowest BCUT2D eigenvalue weighted by Gasteiger charge is -2.40. The van der Waals surface area contributed by atoms with Crippen molar-refractivity contribution in [2.75, 3.05) is 31.6 Å². The molecule has 1 atom stereocenters. The van der Waals surface area contributed by atoms with E-state index in [1.165, 1.54) is 12.7 Å². The normalized spacial score (nSPS) is 27.2. The Kier molecular flexibility index (Phi) is 4.62. The molecule has 0 amide bonds. The highest BCUT2D eigenvalue weighted by Crippen LogP contribution is 2.42. The lowest BCUT2D eigenvalue weighted by Crippen LogP contribution is -2.45. The second-order valence-electron chi connectivity index (χ2n) is 6.79. The van der Waals surface area contributed by atoms with E-state index in [-0.39, 0.29) is 11.2 Å². The molecule has 0 bridgehead atoms. The summed E-state index contributed by atoms with van der Waals surface area (Å²) in [7, 11) is -2.95. The van der Waals surface area contributed by atoms with Crippen LogP contribution in [0, 0.1) is 11.3 Å². The maximum Gasteiger partial charge on any atom is 0.191 e. The van der Waals surface area contributed by atoms with E-state index in [0.717, 1.165) is 38.8 Å². The van der Waals surface area contributed by atoms with Crippen molar-refractivity contribution in [1.82, 2.24) is 4.90 Å². The van der Waals surface area contributed by atoms with Gasteiger partial charge in [0.15, 0.2) is 5.96 Å². The zero-order valence-electron chi connectivity index (χ0n) is 12.6. The van der Waals surface area contributed by atoms with Crippen LogP contribution in [0.1, 0.15) is 39.0 Å². The van der Waals surface area contributed by atoms with Crippen molar-refractivity contribution < 1.29 is 8.42 Å². The smallest absolute Gasteiger partial charge is 0.191 e. The van der Waals surface area contributed by atoms with E-state index < -0.39 is 9.84 Å². The van der Waals surface area contributed by atoms with Gasteiger partial charge >= 0.3 is 0 Å². The summed E-state index contributed by atoms with van der Waals surface area (Å²) in [5, 5.41) is 0. The lowest BCUT2D eigenvalue weighted by atomic mass is 9.70. The number of rotatable bonds is 4. The standard InChI is InChI=1S/C14H27N3O2S/c1-12-5-3-8-17(9-12)13(15)16-10-14(6-4-7-14)11-20(2,18)19/h12H,3-11H2,1-2H3,(H2,15,16). The fraction of sp³-hybridized carbons (Fsp3) is 0.929. The molecular weight excluding hydrogens is 274 g/mol. The molecule has 0 spiro atoms. The van der Waals surface area contributed by atoms with Gasteiger partial charge in [-0.15, -0.1) is 0 Å². The van der Waals surface area contributed by atoms with Crippen LogP contribution in [-0.4, -0.2) is 50.9 Å². The van der Waals surface area contributed by atoms with E-state index >= 15 is 0 Å². The molecule has 0 aromatic rings. The van der Waals surface area contributed by atoms with Crippen LogP contribution in [0.4, 0.5) is 0 Å². The van der Waals surface area contributed by atoms with Gasteiger partial charge in [0.1, 0.15) is 9.84 Å². The number of aliphatic imine (C=N–C) groups is 1. The minimum atomic E-state index is -2.95. The monoisotopic (exact) mass is 301 g/mol. The van der Waals surface area contributed by atoms with Gasteiger partial charge in [-0.2, -0.15) is 0 Å². The maximum atomic E-state index is 11.5. The predicted octanol–water partition coefficient (Wildman–Crippen LogP) is 1.25. The van der Waals surface area contributed by atoms with Crippen LogP contribution in [0.5, 0.6) is 0 Å². The highest BCUT2D eigenvalue weighted by molar-refractivity contribution is 7.90. The number of sulfone groups is 1. The fourth-order valence-electron chi connectivity index (χ4n) is 3.33. The predicted molar refractivity (Wildman–Crippen MR) is 82.5 cm³/mol. The van der Waals surface area contributed by atoms with Crippen molar-refractivity contribution >= 4 is 15.8 Å². The summed E-state index contributed by atoms with van der Waals surface area (Å²) in [6.45, 7) is 4.72. The minimum absolute atomic E-state index is 0.153. The highest BCUT2D eigenvalue weighted by Gasteiger charge is 2.39. The van der Waals surface area contributed by atoms with Crippen molar-refractivity contribution in [2.24, 2.45) is 22.1 Å². The van der Waals surface area contributed by atoms with Crippen LogP contribution in [-0.2, 0) is 9.84 Å². The van der Waals surface area contributed by atoms with E-state index in [2.05, 4.69) is 16.8 Å². The third-order valence-electron chi connectivity index (χ3n) is 4.54.